The van der Waals surface area contributed by atoms with Gasteiger partial charge in [0.05, 0.1) is 0 Å². The monoisotopic (exact) mass is 259 g/mol. The van der Waals surface area contributed by atoms with Gasteiger partial charge >= 0.3 is 0 Å². The van der Waals surface area contributed by atoms with Crippen molar-refractivity contribution in [1.82, 2.24) is 0 Å². The minimum atomic E-state index is -0.236. The van der Waals surface area contributed by atoms with Gasteiger partial charge in [0.25, 0.3) is 0 Å². The fraction of sp³-hybridized carbons (Fsp3) is 0.200. The van der Waals surface area contributed by atoms with Crippen LogP contribution in [0.5, 0.6) is 11.5 Å². The van der Waals surface area contributed by atoms with Crippen LogP contribution in [0.1, 0.15) is 5.56 Å². The number of nitrogens with two attached hydrogens (primary N) is 1. The van der Waals surface area contributed by atoms with Crippen molar-refractivity contribution in [2.75, 3.05) is 12.3 Å². The number of hydrogen-bond donors (Lipinski definition) is 1. The summed E-state index contributed by atoms with van der Waals surface area (Å²) in [5, 5.41) is 0. The van der Waals surface area contributed by atoms with Gasteiger partial charge in [-0.05, 0) is 30.3 Å². The van der Waals surface area contributed by atoms with Crippen molar-refractivity contribution in [1.29, 1.82) is 0 Å². The second kappa shape index (κ2) is 4.80. The highest BCUT2D eigenvalue weighted by molar-refractivity contribution is 5.43. The number of hydrogen-bond acceptors (Lipinski definition) is 3. The Balaban J connectivity index is 1.62. The van der Waals surface area contributed by atoms with Crippen LogP contribution in [0.3, 0.4) is 0 Å². The molecule has 0 amide bonds. The third kappa shape index (κ3) is 2.62. The summed E-state index contributed by atoms with van der Waals surface area (Å²) in [6.07, 6.45) is 0.577. The Morgan fingerprint density at radius 3 is 3.00 bits per heavy atom. The standard InChI is InChI=1S/C15H14FNO2/c16-11-4-5-15-10(6-11)7-14(19-15)9-18-13-3-1-2-12(17)8-13/h1-6,8,14H,7,9,17H2. The smallest absolute Gasteiger partial charge is 0.137 e. The summed E-state index contributed by atoms with van der Waals surface area (Å²) in [6, 6.07) is 11.8. The summed E-state index contributed by atoms with van der Waals surface area (Å²) < 4.78 is 24.4. The molecule has 0 bridgehead atoms. The van der Waals surface area contributed by atoms with Gasteiger partial charge in [0.15, 0.2) is 0 Å². The lowest BCUT2D eigenvalue weighted by Crippen LogP contribution is -2.22. The fourth-order valence-electron chi connectivity index (χ4n) is 2.18. The van der Waals surface area contributed by atoms with Gasteiger partial charge in [-0.2, -0.15) is 0 Å². The van der Waals surface area contributed by atoms with Gasteiger partial charge < -0.3 is 15.2 Å². The first-order chi connectivity index (χ1) is 9.20. The van der Waals surface area contributed by atoms with E-state index >= 15 is 0 Å². The lowest BCUT2D eigenvalue weighted by atomic mass is 10.1. The van der Waals surface area contributed by atoms with Crippen molar-refractivity contribution in [2.45, 2.75) is 12.5 Å². The largest absolute Gasteiger partial charge is 0.490 e. The molecule has 2 aromatic rings. The molecule has 1 aliphatic heterocycles. The number of ether oxygens (including phenoxy) is 2. The van der Waals surface area contributed by atoms with Crippen molar-refractivity contribution < 1.29 is 13.9 Å². The van der Waals surface area contributed by atoms with E-state index in [0.717, 1.165) is 11.3 Å². The number of nitrogen functional groups attached to an aromatic ring is 1. The zero-order valence-corrected chi connectivity index (χ0v) is 10.3. The van der Waals surface area contributed by atoms with E-state index in [1.165, 1.54) is 12.1 Å². The first kappa shape index (κ1) is 11.8. The molecular formula is C15H14FNO2. The maximum absolute atomic E-state index is 13.1. The Morgan fingerprint density at radius 2 is 2.16 bits per heavy atom. The first-order valence-electron chi connectivity index (χ1n) is 6.14. The summed E-state index contributed by atoms with van der Waals surface area (Å²) >= 11 is 0. The Kier molecular flexibility index (Phi) is 2.99. The van der Waals surface area contributed by atoms with E-state index in [9.17, 15) is 4.39 Å². The summed E-state index contributed by atoms with van der Waals surface area (Å²) in [4.78, 5) is 0. The van der Waals surface area contributed by atoms with Crippen LogP contribution in [0, 0.1) is 5.82 Å². The molecule has 0 spiro atoms. The molecule has 1 heterocycles. The van der Waals surface area contributed by atoms with E-state index in [0.29, 0.717) is 24.5 Å². The zero-order valence-electron chi connectivity index (χ0n) is 10.3. The molecule has 0 saturated heterocycles. The number of rotatable bonds is 3. The highest BCUT2D eigenvalue weighted by Crippen LogP contribution is 2.29. The number of halogens is 1. The predicted octanol–water partition coefficient (Wildman–Crippen LogP) is 2.79. The Labute approximate surface area is 110 Å². The minimum absolute atomic E-state index is 0.0850. The van der Waals surface area contributed by atoms with E-state index in [2.05, 4.69) is 0 Å². The average molecular weight is 259 g/mol. The van der Waals surface area contributed by atoms with Crippen LogP contribution >= 0.6 is 0 Å². The van der Waals surface area contributed by atoms with E-state index in [1.54, 1.807) is 18.2 Å². The number of anilines is 1. The maximum Gasteiger partial charge on any atom is 0.137 e. The molecule has 19 heavy (non-hydrogen) atoms. The molecule has 2 N–H and O–H groups in total. The zero-order chi connectivity index (χ0) is 13.2. The third-order valence-electron chi connectivity index (χ3n) is 3.06. The molecule has 4 heteroatoms. The lowest BCUT2D eigenvalue weighted by Gasteiger charge is -2.12. The molecule has 2 aromatic carbocycles. The van der Waals surface area contributed by atoms with E-state index in [4.69, 9.17) is 15.2 Å². The second-order valence-corrected chi connectivity index (χ2v) is 4.58. The number of fused-ring (bicyclic) bond motifs is 1. The van der Waals surface area contributed by atoms with Gasteiger partial charge in [-0.25, -0.2) is 4.39 Å². The van der Waals surface area contributed by atoms with Crippen LogP contribution in [0.4, 0.5) is 10.1 Å². The van der Waals surface area contributed by atoms with E-state index in [1.807, 2.05) is 12.1 Å². The van der Waals surface area contributed by atoms with Crippen molar-refractivity contribution in [3.63, 3.8) is 0 Å². The van der Waals surface area contributed by atoms with Crippen LogP contribution in [0.25, 0.3) is 0 Å². The van der Waals surface area contributed by atoms with Crippen LogP contribution in [0.2, 0.25) is 0 Å². The number of benzene rings is 2. The van der Waals surface area contributed by atoms with Crippen LogP contribution in [0.15, 0.2) is 42.5 Å². The van der Waals surface area contributed by atoms with Gasteiger partial charge in [0.1, 0.15) is 30.0 Å². The van der Waals surface area contributed by atoms with E-state index in [-0.39, 0.29) is 11.9 Å². The SMILES string of the molecule is Nc1cccc(OCC2Cc3cc(F)ccc3O2)c1. The molecule has 98 valence electrons. The van der Waals surface area contributed by atoms with Gasteiger partial charge in [-0.15, -0.1) is 0 Å². The molecular weight excluding hydrogens is 245 g/mol. The molecule has 3 nitrogen and oxygen atoms in total. The first-order valence-corrected chi connectivity index (χ1v) is 6.14. The molecule has 0 radical (unpaired) electrons. The van der Waals surface area contributed by atoms with Crippen molar-refractivity contribution >= 4 is 5.69 Å². The average Bonchev–Trinajstić information content (AvgIpc) is 2.78. The summed E-state index contributed by atoms with van der Waals surface area (Å²) in [5.74, 6) is 1.22. The predicted molar refractivity (Wildman–Crippen MR) is 70.9 cm³/mol. The molecule has 0 fully saturated rings. The van der Waals surface area contributed by atoms with E-state index < -0.39 is 0 Å². The minimum Gasteiger partial charge on any atom is -0.490 e. The maximum atomic E-state index is 13.1. The van der Waals surface area contributed by atoms with Crippen molar-refractivity contribution in [2.24, 2.45) is 0 Å². The van der Waals surface area contributed by atoms with Crippen molar-refractivity contribution in [3.05, 3.63) is 53.8 Å². The van der Waals surface area contributed by atoms with Crippen LogP contribution in [-0.2, 0) is 6.42 Å². The lowest BCUT2D eigenvalue weighted by molar-refractivity contribution is 0.148. The molecule has 1 atom stereocenters. The molecule has 0 saturated carbocycles. The molecule has 0 aliphatic carbocycles. The molecule has 3 rings (SSSR count). The van der Waals surface area contributed by atoms with Crippen LogP contribution in [-0.4, -0.2) is 12.7 Å². The third-order valence-corrected chi connectivity index (χ3v) is 3.06. The topological polar surface area (TPSA) is 44.5 Å². The van der Waals surface area contributed by atoms with Crippen LogP contribution < -0.4 is 15.2 Å². The summed E-state index contributed by atoms with van der Waals surface area (Å²) in [5.41, 5.74) is 7.23. The second-order valence-electron chi connectivity index (χ2n) is 4.58. The molecule has 1 unspecified atom stereocenters. The highest BCUT2D eigenvalue weighted by Gasteiger charge is 2.23. The quantitative estimate of drug-likeness (QED) is 0.862. The van der Waals surface area contributed by atoms with Gasteiger partial charge in [-0.3, -0.25) is 0 Å². The highest BCUT2D eigenvalue weighted by atomic mass is 19.1. The summed E-state index contributed by atoms with van der Waals surface area (Å²) in [6.45, 7) is 0.416. The molecule has 1 aliphatic rings. The Bertz CT molecular complexity index is 600. The Morgan fingerprint density at radius 1 is 1.26 bits per heavy atom. The van der Waals surface area contributed by atoms with Gasteiger partial charge in [-0.1, -0.05) is 6.07 Å². The van der Waals surface area contributed by atoms with Gasteiger partial charge in [0.2, 0.25) is 0 Å². The molecule has 0 aromatic heterocycles. The van der Waals surface area contributed by atoms with Crippen molar-refractivity contribution in [3.8, 4) is 11.5 Å². The Hall–Kier alpha value is -2.23. The normalized spacial score (nSPS) is 16.8. The fourth-order valence-corrected chi connectivity index (χ4v) is 2.18. The van der Waals surface area contributed by atoms with Gasteiger partial charge in [0, 0.05) is 23.7 Å². The summed E-state index contributed by atoms with van der Waals surface area (Å²) in [7, 11) is 0.